The highest BCUT2D eigenvalue weighted by molar-refractivity contribution is 7.12. The zero-order valence-corrected chi connectivity index (χ0v) is 11.3. The first kappa shape index (κ1) is 13.2. The molecule has 0 aliphatic heterocycles. The van der Waals surface area contributed by atoms with Crippen molar-refractivity contribution in [2.24, 2.45) is 0 Å². The van der Waals surface area contributed by atoms with E-state index in [2.05, 4.69) is 25.2 Å². The lowest BCUT2D eigenvalue weighted by Crippen LogP contribution is -2.35. The molecule has 1 aromatic heterocycles. The highest BCUT2D eigenvalue weighted by Crippen LogP contribution is 2.26. The zero-order valence-electron chi connectivity index (χ0n) is 10.5. The molecule has 0 aliphatic rings. The normalized spacial score (nSPS) is 14.6. The molecule has 16 heavy (non-hydrogen) atoms. The summed E-state index contributed by atoms with van der Waals surface area (Å²) < 4.78 is 4.97. The fraction of sp³-hybridized carbons (Fsp3) is 0.583. The number of carbonyl (C=O) groups is 1. The Kier molecular flexibility index (Phi) is 4.50. The largest absolute Gasteiger partial charge is 0.372 e. The Bertz CT molecular complexity index is 373. The quantitative estimate of drug-likeness (QED) is 0.880. The van der Waals surface area contributed by atoms with Gasteiger partial charge in [-0.25, -0.2) is 0 Å². The summed E-state index contributed by atoms with van der Waals surface area (Å²) in [6.07, 6.45) is -0.400. The molecular weight excluding hydrogens is 222 g/mol. The van der Waals surface area contributed by atoms with Gasteiger partial charge in [-0.15, -0.1) is 11.3 Å². The van der Waals surface area contributed by atoms with Crippen LogP contribution in [0.2, 0.25) is 0 Å². The molecule has 0 aliphatic carbocycles. The smallest absolute Gasteiger partial charge is 0.249 e. The van der Waals surface area contributed by atoms with Gasteiger partial charge in [-0.3, -0.25) is 4.79 Å². The van der Waals surface area contributed by atoms with Crippen molar-refractivity contribution in [3.63, 3.8) is 0 Å². The molecule has 0 saturated heterocycles. The van der Waals surface area contributed by atoms with Crippen LogP contribution in [-0.2, 0) is 9.53 Å². The van der Waals surface area contributed by atoms with Gasteiger partial charge in [0.05, 0.1) is 6.04 Å². The van der Waals surface area contributed by atoms with Crippen molar-refractivity contribution in [1.29, 1.82) is 0 Å². The van der Waals surface area contributed by atoms with Crippen molar-refractivity contribution >= 4 is 17.2 Å². The van der Waals surface area contributed by atoms with E-state index in [1.807, 2.05) is 6.92 Å². The summed E-state index contributed by atoms with van der Waals surface area (Å²) in [7, 11) is 1.54. The maximum atomic E-state index is 11.6. The average molecular weight is 241 g/mol. The number of methoxy groups -OCH3 is 1. The van der Waals surface area contributed by atoms with E-state index in [-0.39, 0.29) is 11.9 Å². The number of rotatable bonds is 4. The van der Waals surface area contributed by atoms with Gasteiger partial charge in [-0.1, -0.05) is 0 Å². The van der Waals surface area contributed by atoms with Crippen molar-refractivity contribution in [2.45, 2.75) is 39.8 Å². The van der Waals surface area contributed by atoms with Crippen LogP contribution in [0.15, 0.2) is 6.07 Å². The van der Waals surface area contributed by atoms with Crippen LogP contribution in [-0.4, -0.2) is 19.1 Å². The van der Waals surface area contributed by atoms with Crippen molar-refractivity contribution in [3.05, 3.63) is 21.4 Å². The second-order valence-electron chi connectivity index (χ2n) is 3.98. The summed E-state index contributed by atoms with van der Waals surface area (Å²) in [6.45, 7) is 7.89. The van der Waals surface area contributed by atoms with Gasteiger partial charge in [0.2, 0.25) is 5.91 Å². The van der Waals surface area contributed by atoms with Gasteiger partial charge in [0.25, 0.3) is 0 Å². The van der Waals surface area contributed by atoms with Gasteiger partial charge in [0.15, 0.2) is 0 Å². The van der Waals surface area contributed by atoms with Gasteiger partial charge in [0, 0.05) is 16.9 Å². The summed E-state index contributed by atoms with van der Waals surface area (Å²) >= 11 is 1.76. The molecule has 0 aromatic carbocycles. The predicted octanol–water partition coefficient (Wildman–Crippen LogP) is 2.58. The third-order valence-corrected chi connectivity index (χ3v) is 3.61. The topological polar surface area (TPSA) is 38.3 Å². The Hall–Kier alpha value is -0.870. The van der Waals surface area contributed by atoms with Gasteiger partial charge in [0.1, 0.15) is 6.10 Å². The highest BCUT2D eigenvalue weighted by atomic mass is 32.1. The van der Waals surface area contributed by atoms with E-state index in [1.165, 1.54) is 22.4 Å². The standard InChI is InChI=1S/C12H19NO2S/c1-7-6-11(10(4)16-7)8(2)13-12(14)9(3)15-5/h6,8-9H,1-5H3,(H,13,14). The summed E-state index contributed by atoms with van der Waals surface area (Å²) in [4.78, 5) is 14.2. The van der Waals surface area contributed by atoms with Crippen molar-refractivity contribution in [2.75, 3.05) is 7.11 Å². The van der Waals surface area contributed by atoms with E-state index >= 15 is 0 Å². The van der Waals surface area contributed by atoms with Crippen LogP contribution in [0.3, 0.4) is 0 Å². The maximum absolute atomic E-state index is 11.6. The highest BCUT2D eigenvalue weighted by Gasteiger charge is 2.17. The fourth-order valence-corrected chi connectivity index (χ4v) is 2.62. The molecule has 4 heteroatoms. The Morgan fingerprint density at radius 1 is 1.44 bits per heavy atom. The van der Waals surface area contributed by atoms with Gasteiger partial charge >= 0.3 is 0 Å². The molecule has 90 valence electrons. The van der Waals surface area contributed by atoms with E-state index in [1.54, 1.807) is 18.3 Å². The Labute approximate surface area is 101 Å². The van der Waals surface area contributed by atoms with Crippen LogP contribution >= 0.6 is 11.3 Å². The molecule has 2 atom stereocenters. The second-order valence-corrected chi connectivity index (χ2v) is 5.44. The van der Waals surface area contributed by atoms with Crippen LogP contribution in [0, 0.1) is 13.8 Å². The molecule has 2 unspecified atom stereocenters. The molecule has 1 heterocycles. The van der Waals surface area contributed by atoms with Gasteiger partial charge in [-0.05, 0) is 39.3 Å². The second kappa shape index (κ2) is 5.46. The number of nitrogens with one attached hydrogen (secondary N) is 1. The van der Waals surface area contributed by atoms with E-state index < -0.39 is 6.10 Å². The van der Waals surface area contributed by atoms with Crippen LogP contribution in [0.1, 0.15) is 35.2 Å². The van der Waals surface area contributed by atoms with Crippen LogP contribution in [0.25, 0.3) is 0 Å². The molecule has 1 N–H and O–H groups in total. The number of ether oxygens (including phenoxy) is 1. The summed E-state index contributed by atoms with van der Waals surface area (Å²) in [5.41, 5.74) is 1.19. The monoisotopic (exact) mass is 241 g/mol. The summed E-state index contributed by atoms with van der Waals surface area (Å²) in [5.74, 6) is -0.0711. The van der Waals surface area contributed by atoms with Gasteiger partial charge in [-0.2, -0.15) is 0 Å². The van der Waals surface area contributed by atoms with E-state index in [9.17, 15) is 4.79 Å². The SMILES string of the molecule is COC(C)C(=O)NC(C)c1cc(C)sc1C. The first-order valence-corrected chi connectivity index (χ1v) is 6.17. The number of thiophene rings is 1. The maximum Gasteiger partial charge on any atom is 0.249 e. The number of carbonyl (C=O) groups excluding carboxylic acids is 1. The summed E-state index contributed by atoms with van der Waals surface area (Å²) in [6, 6.07) is 2.16. The Morgan fingerprint density at radius 2 is 2.06 bits per heavy atom. The van der Waals surface area contributed by atoms with E-state index in [0.717, 1.165) is 0 Å². The lowest BCUT2D eigenvalue weighted by molar-refractivity contribution is -0.130. The lowest BCUT2D eigenvalue weighted by atomic mass is 10.1. The van der Waals surface area contributed by atoms with Crippen molar-refractivity contribution in [1.82, 2.24) is 5.32 Å². The van der Waals surface area contributed by atoms with E-state index in [4.69, 9.17) is 4.74 Å². The van der Waals surface area contributed by atoms with Crippen LogP contribution in [0.5, 0.6) is 0 Å². The minimum Gasteiger partial charge on any atom is -0.372 e. The van der Waals surface area contributed by atoms with Crippen LogP contribution in [0.4, 0.5) is 0 Å². The molecular formula is C12H19NO2S. The predicted molar refractivity (Wildman–Crippen MR) is 66.8 cm³/mol. The molecule has 0 radical (unpaired) electrons. The molecule has 1 aromatic rings. The first-order valence-electron chi connectivity index (χ1n) is 5.35. The lowest BCUT2D eigenvalue weighted by Gasteiger charge is -2.16. The van der Waals surface area contributed by atoms with Crippen molar-refractivity contribution < 1.29 is 9.53 Å². The Morgan fingerprint density at radius 3 is 2.50 bits per heavy atom. The number of hydrogen-bond acceptors (Lipinski definition) is 3. The first-order chi connectivity index (χ1) is 7.45. The number of hydrogen-bond donors (Lipinski definition) is 1. The minimum atomic E-state index is -0.400. The number of aryl methyl sites for hydroxylation is 2. The minimum absolute atomic E-state index is 0.0371. The molecule has 0 spiro atoms. The summed E-state index contributed by atoms with van der Waals surface area (Å²) in [5, 5.41) is 2.94. The zero-order chi connectivity index (χ0) is 12.3. The molecule has 3 nitrogen and oxygen atoms in total. The third-order valence-electron chi connectivity index (χ3n) is 2.63. The average Bonchev–Trinajstić information content (AvgIpc) is 2.56. The molecule has 0 saturated carbocycles. The van der Waals surface area contributed by atoms with Gasteiger partial charge < -0.3 is 10.1 Å². The fourth-order valence-electron chi connectivity index (χ4n) is 1.60. The Balaban J connectivity index is 2.69. The van der Waals surface area contributed by atoms with Crippen LogP contribution < -0.4 is 5.32 Å². The number of amides is 1. The third kappa shape index (κ3) is 3.06. The molecule has 1 amide bonds. The molecule has 1 rings (SSSR count). The molecule has 0 fully saturated rings. The van der Waals surface area contributed by atoms with E-state index in [0.29, 0.717) is 0 Å². The van der Waals surface area contributed by atoms with Crippen molar-refractivity contribution in [3.8, 4) is 0 Å². The molecule has 0 bridgehead atoms.